The fourth-order valence-electron chi connectivity index (χ4n) is 5.25. The zero-order valence-corrected chi connectivity index (χ0v) is 20.8. The van der Waals surface area contributed by atoms with Gasteiger partial charge in [-0.15, -0.1) is 0 Å². The van der Waals surface area contributed by atoms with E-state index in [4.69, 9.17) is 4.74 Å². The van der Waals surface area contributed by atoms with E-state index in [9.17, 15) is 14.0 Å². The molecule has 192 valence electrons. The normalized spacial score (nSPS) is 16.5. The standard InChI is InChI=1S/C30H32FN3O3/c31-24-12-6-13-26(20-24)34(28(35)21-33-17-7-11-22-8-4-5-14-27(22)33)29(23-9-2-1-3-10-23)30(36)32-25-15-18-37-19-16-25/h1-6,8-10,12-14,20,25,29H,7,11,15-19,21H2,(H,32,36). The lowest BCUT2D eigenvalue weighted by Gasteiger charge is -2.36. The Kier molecular flexibility index (Phi) is 7.80. The van der Waals surface area contributed by atoms with Gasteiger partial charge in [0.05, 0.1) is 6.54 Å². The molecule has 0 aliphatic carbocycles. The molecule has 3 aromatic rings. The number of hydrogen-bond acceptors (Lipinski definition) is 4. The number of rotatable bonds is 7. The zero-order chi connectivity index (χ0) is 25.6. The minimum Gasteiger partial charge on any atom is -0.381 e. The molecule has 2 amide bonds. The highest BCUT2D eigenvalue weighted by molar-refractivity contribution is 6.03. The van der Waals surface area contributed by atoms with Crippen molar-refractivity contribution in [1.29, 1.82) is 0 Å². The van der Waals surface area contributed by atoms with Gasteiger partial charge in [0.25, 0.3) is 0 Å². The van der Waals surface area contributed by atoms with E-state index in [1.54, 1.807) is 12.1 Å². The first-order chi connectivity index (χ1) is 18.1. The van der Waals surface area contributed by atoms with Crippen LogP contribution in [0, 0.1) is 5.82 Å². The summed E-state index contributed by atoms with van der Waals surface area (Å²) < 4.78 is 19.9. The van der Waals surface area contributed by atoms with E-state index in [0.29, 0.717) is 37.3 Å². The quantitative estimate of drug-likeness (QED) is 0.512. The highest BCUT2D eigenvalue weighted by atomic mass is 19.1. The number of aryl methyl sites for hydroxylation is 1. The van der Waals surface area contributed by atoms with Crippen molar-refractivity contribution in [3.05, 3.63) is 95.8 Å². The van der Waals surface area contributed by atoms with E-state index >= 15 is 0 Å². The number of nitrogens with one attached hydrogen (secondary N) is 1. The van der Waals surface area contributed by atoms with Crippen molar-refractivity contribution in [1.82, 2.24) is 5.32 Å². The molecule has 7 heteroatoms. The second-order valence-corrected chi connectivity index (χ2v) is 9.61. The number of amides is 2. The third-order valence-electron chi connectivity index (χ3n) is 7.08. The first-order valence-electron chi connectivity index (χ1n) is 12.9. The SMILES string of the molecule is O=C(NC1CCOCC1)C(c1ccccc1)N(C(=O)CN1CCCc2ccccc21)c1cccc(F)c1. The molecule has 0 spiro atoms. The summed E-state index contributed by atoms with van der Waals surface area (Å²) in [7, 11) is 0. The summed E-state index contributed by atoms with van der Waals surface area (Å²) >= 11 is 0. The van der Waals surface area contributed by atoms with Crippen LogP contribution in [0.5, 0.6) is 0 Å². The van der Waals surface area contributed by atoms with Crippen LogP contribution >= 0.6 is 0 Å². The van der Waals surface area contributed by atoms with Crippen molar-refractivity contribution in [2.45, 2.75) is 37.8 Å². The van der Waals surface area contributed by atoms with Crippen molar-refractivity contribution < 1.29 is 18.7 Å². The number of halogens is 1. The Morgan fingerprint density at radius 2 is 1.76 bits per heavy atom. The number of para-hydroxylation sites is 1. The molecule has 3 aromatic carbocycles. The third kappa shape index (κ3) is 5.83. The lowest BCUT2D eigenvalue weighted by molar-refractivity contribution is -0.127. The Bertz CT molecular complexity index is 1230. The van der Waals surface area contributed by atoms with Gasteiger partial charge >= 0.3 is 0 Å². The summed E-state index contributed by atoms with van der Waals surface area (Å²) in [4.78, 5) is 31.5. The maximum Gasteiger partial charge on any atom is 0.248 e. The molecule has 5 rings (SSSR count). The molecule has 37 heavy (non-hydrogen) atoms. The van der Waals surface area contributed by atoms with Crippen LogP contribution in [0.2, 0.25) is 0 Å². The number of benzene rings is 3. The van der Waals surface area contributed by atoms with Crippen molar-refractivity contribution in [2.75, 3.05) is 36.1 Å². The van der Waals surface area contributed by atoms with Crippen molar-refractivity contribution in [3.8, 4) is 0 Å². The topological polar surface area (TPSA) is 61.9 Å². The number of fused-ring (bicyclic) bond motifs is 1. The Morgan fingerprint density at radius 1 is 1.00 bits per heavy atom. The predicted octanol–water partition coefficient (Wildman–Crippen LogP) is 4.65. The van der Waals surface area contributed by atoms with E-state index in [1.165, 1.54) is 22.6 Å². The molecular formula is C30H32FN3O3. The summed E-state index contributed by atoms with van der Waals surface area (Å²) in [5.41, 5.74) is 3.26. The molecule has 1 N–H and O–H groups in total. The Hall–Kier alpha value is -3.71. The molecule has 0 radical (unpaired) electrons. The number of anilines is 2. The second kappa shape index (κ2) is 11.6. The maximum atomic E-state index is 14.4. The zero-order valence-electron chi connectivity index (χ0n) is 20.8. The van der Waals surface area contributed by atoms with Gasteiger partial charge in [0.1, 0.15) is 11.9 Å². The minimum atomic E-state index is -0.946. The van der Waals surface area contributed by atoms with Crippen LogP contribution in [0.3, 0.4) is 0 Å². The summed E-state index contributed by atoms with van der Waals surface area (Å²) in [6.07, 6.45) is 3.34. The molecule has 1 fully saturated rings. The number of carbonyl (C=O) groups excluding carboxylic acids is 2. The first-order valence-corrected chi connectivity index (χ1v) is 12.9. The average Bonchev–Trinajstić information content (AvgIpc) is 2.92. The van der Waals surface area contributed by atoms with Gasteiger partial charge in [-0.05, 0) is 61.1 Å². The van der Waals surface area contributed by atoms with Crippen LogP contribution in [-0.2, 0) is 20.7 Å². The average molecular weight is 502 g/mol. The summed E-state index contributed by atoms with van der Waals surface area (Å²) in [5, 5.41) is 3.14. The molecule has 1 unspecified atom stereocenters. The van der Waals surface area contributed by atoms with Gasteiger partial charge in [-0.2, -0.15) is 0 Å². The largest absolute Gasteiger partial charge is 0.381 e. The summed E-state index contributed by atoms with van der Waals surface area (Å²) in [6, 6.07) is 22.3. The van der Waals surface area contributed by atoms with E-state index in [2.05, 4.69) is 16.3 Å². The molecule has 0 bridgehead atoms. The third-order valence-corrected chi connectivity index (χ3v) is 7.08. The minimum absolute atomic E-state index is 0.0362. The Morgan fingerprint density at radius 3 is 2.54 bits per heavy atom. The lowest BCUT2D eigenvalue weighted by Crippen LogP contribution is -2.50. The molecular weight excluding hydrogens is 469 g/mol. The fraction of sp³-hybridized carbons (Fsp3) is 0.333. The molecule has 6 nitrogen and oxygen atoms in total. The van der Waals surface area contributed by atoms with Gasteiger partial charge in [-0.3, -0.25) is 14.5 Å². The molecule has 2 aliphatic heterocycles. The van der Waals surface area contributed by atoms with Crippen LogP contribution in [0.1, 0.15) is 36.4 Å². The molecule has 2 heterocycles. The van der Waals surface area contributed by atoms with Gasteiger partial charge in [0, 0.05) is 37.2 Å². The van der Waals surface area contributed by atoms with Gasteiger partial charge in [-0.25, -0.2) is 4.39 Å². The van der Waals surface area contributed by atoms with E-state index in [-0.39, 0.29) is 24.4 Å². The van der Waals surface area contributed by atoms with Crippen LogP contribution in [0.25, 0.3) is 0 Å². The molecule has 0 saturated carbocycles. The van der Waals surface area contributed by atoms with Crippen molar-refractivity contribution >= 4 is 23.2 Å². The number of carbonyl (C=O) groups is 2. The van der Waals surface area contributed by atoms with Crippen LogP contribution in [0.15, 0.2) is 78.9 Å². The smallest absolute Gasteiger partial charge is 0.248 e. The lowest BCUT2D eigenvalue weighted by atomic mass is 10.00. The first kappa shape index (κ1) is 25.0. The van der Waals surface area contributed by atoms with Gasteiger partial charge < -0.3 is 15.0 Å². The van der Waals surface area contributed by atoms with Gasteiger partial charge in [-0.1, -0.05) is 54.6 Å². The Labute approximate surface area is 217 Å². The molecule has 1 atom stereocenters. The predicted molar refractivity (Wildman–Crippen MR) is 142 cm³/mol. The maximum absolute atomic E-state index is 14.4. The van der Waals surface area contributed by atoms with Gasteiger partial charge in [0.15, 0.2) is 0 Å². The van der Waals surface area contributed by atoms with E-state index in [1.807, 2.05) is 48.5 Å². The highest BCUT2D eigenvalue weighted by Gasteiger charge is 2.35. The molecule has 1 saturated heterocycles. The van der Waals surface area contributed by atoms with E-state index in [0.717, 1.165) is 25.1 Å². The number of nitrogens with zero attached hydrogens (tertiary/aromatic N) is 2. The van der Waals surface area contributed by atoms with Gasteiger partial charge in [0.2, 0.25) is 11.8 Å². The van der Waals surface area contributed by atoms with Crippen molar-refractivity contribution in [3.63, 3.8) is 0 Å². The van der Waals surface area contributed by atoms with Crippen molar-refractivity contribution in [2.24, 2.45) is 0 Å². The van der Waals surface area contributed by atoms with Crippen LogP contribution in [-0.4, -0.2) is 44.2 Å². The van der Waals surface area contributed by atoms with Crippen LogP contribution in [0.4, 0.5) is 15.8 Å². The summed E-state index contributed by atoms with van der Waals surface area (Å²) in [5.74, 6) is -1.01. The Balaban J connectivity index is 1.51. The summed E-state index contributed by atoms with van der Waals surface area (Å²) in [6.45, 7) is 2.00. The highest BCUT2D eigenvalue weighted by Crippen LogP contribution is 2.31. The molecule has 2 aliphatic rings. The number of ether oxygens (including phenoxy) is 1. The molecule has 0 aromatic heterocycles. The second-order valence-electron chi connectivity index (χ2n) is 9.61. The fourth-order valence-corrected chi connectivity index (χ4v) is 5.25. The number of hydrogen-bond donors (Lipinski definition) is 1. The van der Waals surface area contributed by atoms with E-state index < -0.39 is 11.9 Å². The monoisotopic (exact) mass is 501 g/mol. The van der Waals surface area contributed by atoms with Crippen LogP contribution < -0.4 is 15.1 Å².